The molecule has 1 aromatic carbocycles. The van der Waals surface area contributed by atoms with Crippen molar-refractivity contribution in [2.24, 2.45) is 5.92 Å². The highest BCUT2D eigenvalue weighted by atomic mass is 79.9. The molecule has 19 heavy (non-hydrogen) atoms. The summed E-state index contributed by atoms with van der Waals surface area (Å²) in [6, 6.07) is 8.24. The summed E-state index contributed by atoms with van der Waals surface area (Å²) in [6.07, 6.45) is 2.10. The van der Waals surface area contributed by atoms with E-state index in [1.165, 1.54) is 5.56 Å². The van der Waals surface area contributed by atoms with Crippen molar-refractivity contribution in [1.29, 1.82) is 0 Å². The van der Waals surface area contributed by atoms with Crippen LogP contribution in [0.25, 0.3) is 0 Å². The minimum atomic E-state index is 0.609. The number of imidazole rings is 1. The van der Waals surface area contributed by atoms with Gasteiger partial charge < -0.3 is 9.88 Å². The van der Waals surface area contributed by atoms with Gasteiger partial charge in [0, 0.05) is 23.8 Å². The van der Waals surface area contributed by atoms with Crippen molar-refractivity contribution in [2.45, 2.75) is 33.9 Å². The molecule has 4 heteroatoms. The first-order chi connectivity index (χ1) is 9.06. The molecular formula is C15H20BrN3. The van der Waals surface area contributed by atoms with E-state index in [-0.39, 0.29) is 0 Å². The molecule has 0 spiro atoms. The summed E-state index contributed by atoms with van der Waals surface area (Å²) < 4.78 is 3.32. The number of nitrogens with zero attached hydrogens (tertiary/aromatic N) is 2. The minimum absolute atomic E-state index is 0.609. The summed E-state index contributed by atoms with van der Waals surface area (Å²) in [4.78, 5) is 4.54. The fourth-order valence-electron chi connectivity index (χ4n) is 2.04. The second-order valence-electron chi connectivity index (χ2n) is 5.20. The summed E-state index contributed by atoms with van der Waals surface area (Å²) in [6.45, 7) is 8.22. The molecule has 0 radical (unpaired) electrons. The quantitative estimate of drug-likeness (QED) is 0.893. The van der Waals surface area contributed by atoms with Crippen LogP contribution in [0.15, 0.2) is 34.9 Å². The lowest BCUT2D eigenvalue weighted by Gasteiger charge is -2.12. The molecule has 0 amide bonds. The zero-order valence-electron chi connectivity index (χ0n) is 11.7. The third kappa shape index (κ3) is 3.83. The average Bonchev–Trinajstić information content (AvgIpc) is 2.67. The highest BCUT2D eigenvalue weighted by molar-refractivity contribution is 9.10. The molecule has 2 rings (SSSR count). The Balaban J connectivity index is 2.09. The van der Waals surface area contributed by atoms with Crippen molar-refractivity contribution in [2.75, 3.05) is 5.32 Å². The molecule has 0 saturated carbocycles. The summed E-state index contributed by atoms with van der Waals surface area (Å²) in [5, 5.41) is 3.42. The van der Waals surface area contributed by atoms with Gasteiger partial charge in [0.25, 0.3) is 0 Å². The molecule has 1 N–H and O–H groups in total. The highest BCUT2D eigenvalue weighted by Crippen LogP contribution is 2.18. The molecule has 1 heterocycles. The Kier molecular flexibility index (Phi) is 4.64. The van der Waals surface area contributed by atoms with Gasteiger partial charge in [0.2, 0.25) is 5.95 Å². The lowest BCUT2D eigenvalue weighted by molar-refractivity contribution is 0.526. The Labute approximate surface area is 123 Å². The van der Waals surface area contributed by atoms with Crippen LogP contribution in [0.3, 0.4) is 0 Å². The van der Waals surface area contributed by atoms with Crippen LogP contribution < -0.4 is 5.32 Å². The number of hydrogen-bond acceptors (Lipinski definition) is 2. The van der Waals surface area contributed by atoms with Gasteiger partial charge in [0.15, 0.2) is 0 Å². The van der Waals surface area contributed by atoms with Gasteiger partial charge >= 0.3 is 0 Å². The van der Waals surface area contributed by atoms with E-state index in [2.05, 4.69) is 63.0 Å². The van der Waals surface area contributed by atoms with Crippen LogP contribution >= 0.6 is 15.9 Å². The third-order valence-electron chi connectivity index (χ3n) is 2.85. The summed E-state index contributed by atoms with van der Waals surface area (Å²) >= 11 is 3.57. The van der Waals surface area contributed by atoms with E-state index < -0.39 is 0 Å². The molecule has 1 aromatic heterocycles. The van der Waals surface area contributed by atoms with Crippen molar-refractivity contribution in [3.05, 3.63) is 46.2 Å². The van der Waals surface area contributed by atoms with Gasteiger partial charge in [-0.15, -0.1) is 0 Å². The van der Waals surface area contributed by atoms with Crippen LogP contribution in [0.2, 0.25) is 0 Å². The van der Waals surface area contributed by atoms with Gasteiger partial charge in [0.05, 0.1) is 5.69 Å². The van der Waals surface area contributed by atoms with Gasteiger partial charge in [-0.1, -0.05) is 48.0 Å². The molecule has 102 valence electrons. The van der Waals surface area contributed by atoms with Crippen LogP contribution in [0, 0.1) is 12.8 Å². The Morgan fingerprint density at radius 2 is 2.05 bits per heavy atom. The van der Waals surface area contributed by atoms with E-state index in [0.29, 0.717) is 5.92 Å². The number of benzene rings is 1. The highest BCUT2D eigenvalue weighted by Gasteiger charge is 2.07. The predicted octanol–water partition coefficient (Wildman–Crippen LogP) is 4.22. The Bertz CT molecular complexity index is 546. The number of nitrogens with one attached hydrogen (secondary N) is 1. The molecular weight excluding hydrogens is 302 g/mol. The SMILES string of the molecule is Cc1cn(CC(C)C)c(NCc2ccccc2Br)n1. The molecule has 0 unspecified atom stereocenters. The first-order valence-corrected chi connectivity index (χ1v) is 7.36. The molecule has 0 saturated heterocycles. The molecule has 0 aliphatic carbocycles. The van der Waals surface area contributed by atoms with Crippen LogP contribution in [-0.4, -0.2) is 9.55 Å². The van der Waals surface area contributed by atoms with Crippen molar-refractivity contribution < 1.29 is 0 Å². The average molecular weight is 322 g/mol. The van der Waals surface area contributed by atoms with Crippen molar-refractivity contribution in [3.8, 4) is 0 Å². The first-order valence-electron chi connectivity index (χ1n) is 6.57. The standard InChI is InChI=1S/C15H20BrN3/c1-11(2)9-19-10-12(3)18-15(19)17-8-13-6-4-5-7-14(13)16/h4-7,10-11H,8-9H2,1-3H3,(H,17,18). The Morgan fingerprint density at radius 3 is 2.74 bits per heavy atom. The first kappa shape index (κ1) is 14.1. The van der Waals surface area contributed by atoms with Gasteiger partial charge in [0.1, 0.15) is 0 Å². The third-order valence-corrected chi connectivity index (χ3v) is 3.63. The smallest absolute Gasteiger partial charge is 0.203 e. The summed E-state index contributed by atoms with van der Waals surface area (Å²) in [7, 11) is 0. The van der Waals surface area contributed by atoms with Crippen molar-refractivity contribution in [1.82, 2.24) is 9.55 Å². The molecule has 0 atom stereocenters. The summed E-state index contributed by atoms with van der Waals surface area (Å²) in [5.41, 5.74) is 2.29. The van der Waals surface area contributed by atoms with E-state index in [1.54, 1.807) is 0 Å². The van der Waals surface area contributed by atoms with Gasteiger partial charge in [-0.3, -0.25) is 0 Å². The van der Waals surface area contributed by atoms with E-state index in [9.17, 15) is 0 Å². The van der Waals surface area contributed by atoms with E-state index in [1.807, 2.05) is 19.1 Å². The topological polar surface area (TPSA) is 29.9 Å². The van der Waals surface area contributed by atoms with Crippen LogP contribution in [0.4, 0.5) is 5.95 Å². The van der Waals surface area contributed by atoms with Crippen LogP contribution in [0.1, 0.15) is 25.1 Å². The molecule has 0 bridgehead atoms. The van der Waals surface area contributed by atoms with Crippen molar-refractivity contribution in [3.63, 3.8) is 0 Å². The number of anilines is 1. The molecule has 0 fully saturated rings. The van der Waals surface area contributed by atoms with Crippen LogP contribution in [0.5, 0.6) is 0 Å². The molecule has 3 nitrogen and oxygen atoms in total. The number of aromatic nitrogens is 2. The number of aryl methyl sites for hydroxylation is 1. The number of halogens is 1. The predicted molar refractivity (Wildman–Crippen MR) is 83.3 cm³/mol. The van der Waals surface area contributed by atoms with Crippen LogP contribution in [-0.2, 0) is 13.1 Å². The molecule has 2 aromatic rings. The zero-order chi connectivity index (χ0) is 13.8. The van der Waals surface area contributed by atoms with E-state index in [4.69, 9.17) is 0 Å². The maximum absolute atomic E-state index is 4.54. The minimum Gasteiger partial charge on any atom is -0.352 e. The lowest BCUT2D eigenvalue weighted by atomic mass is 10.2. The Morgan fingerprint density at radius 1 is 1.32 bits per heavy atom. The monoisotopic (exact) mass is 321 g/mol. The second-order valence-corrected chi connectivity index (χ2v) is 6.05. The van der Waals surface area contributed by atoms with Gasteiger partial charge in [-0.2, -0.15) is 0 Å². The zero-order valence-corrected chi connectivity index (χ0v) is 13.2. The normalized spacial score (nSPS) is 11.0. The molecule has 0 aliphatic heterocycles. The van der Waals surface area contributed by atoms with E-state index in [0.717, 1.165) is 29.2 Å². The fraction of sp³-hybridized carbons (Fsp3) is 0.400. The molecule has 0 aliphatic rings. The maximum atomic E-state index is 4.54. The maximum Gasteiger partial charge on any atom is 0.203 e. The second kappa shape index (κ2) is 6.24. The lowest BCUT2D eigenvalue weighted by Crippen LogP contribution is -2.10. The van der Waals surface area contributed by atoms with Gasteiger partial charge in [-0.25, -0.2) is 4.98 Å². The summed E-state index contributed by atoms with van der Waals surface area (Å²) in [5.74, 6) is 1.56. The fourth-order valence-corrected chi connectivity index (χ4v) is 2.46. The number of hydrogen-bond donors (Lipinski definition) is 1. The number of rotatable bonds is 5. The van der Waals surface area contributed by atoms with E-state index >= 15 is 0 Å². The Hall–Kier alpha value is -1.29. The largest absolute Gasteiger partial charge is 0.352 e. The van der Waals surface area contributed by atoms with Gasteiger partial charge in [-0.05, 0) is 24.5 Å². The van der Waals surface area contributed by atoms with Crippen molar-refractivity contribution >= 4 is 21.9 Å².